The molecule has 1 atom stereocenters. The predicted octanol–water partition coefficient (Wildman–Crippen LogP) is 0.721. The fraction of sp³-hybridized carbons (Fsp3) is 0.706. The molecule has 6 heteroatoms. The minimum absolute atomic E-state index is 0.00685. The van der Waals surface area contributed by atoms with E-state index in [-0.39, 0.29) is 11.5 Å². The zero-order valence-corrected chi connectivity index (χ0v) is 13.4. The molecular weight excluding hydrogens is 292 g/mol. The van der Waals surface area contributed by atoms with Gasteiger partial charge in [0.1, 0.15) is 0 Å². The lowest BCUT2D eigenvalue weighted by Gasteiger charge is -2.41. The van der Waals surface area contributed by atoms with Crippen LogP contribution in [0.5, 0.6) is 0 Å². The number of carbonyl (C=O) groups is 1. The number of aromatic nitrogens is 2. The standard InChI is InChI=1S/C17H24N4O2/c22-16-3-1-2-14(18-16)11-20-8-12(9-20)10-21-17(23)7-6-15(19-21)13-4-5-13/h6-7,12-14H,1-5,8-11H2,(H,18,22). The van der Waals surface area contributed by atoms with Gasteiger partial charge in [-0.3, -0.25) is 9.59 Å². The van der Waals surface area contributed by atoms with Crippen LogP contribution in [0.1, 0.15) is 43.7 Å². The van der Waals surface area contributed by atoms with Crippen molar-refractivity contribution in [1.82, 2.24) is 20.0 Å². The highest BCUT2D eigenvalue weighted by atomic mass is 16.1. The predicted molar refractivity (Wildman–Crippen MR) is 86.2 cm³/mol. The van der Waals surface area contributed by atoms with Gasteiger partial charge in [0.2, 0.25) is 5.91 Å². The Balaban J connectivity index is 1.28. The summed E-state index contributed by atoms with van der Waals surface area (Å²) < 4.78 is 1.65. The fourth-order valence-electron chi connectivity index (χ4n) is 3.71. The molecule has 1 aromatic heterocycles. The van der Waals surface area contributed by atoms with Gasteiger partial charge in [-0.15, -0.1) is 0 Å². The van der Waals surface area contributed by atoms with Crippen LogP contribution >= 0.6 is 0 Å². The second-order valence-electron chi connectivity index (χ2n) is 7.29. The van der Waals surface area contributed by atoms with E-state index in [1.54, 1.807) is 10.7 Å². The van der Waals surface area contributed by atoms with Crippen LogP contribution in [0.3, 0.4) is 0 Å². The first-order valence-corrected chi connectivity index (χ1v) is 8.77. The summed E-state index contributed by atoms with van der Waals surface area (Å²) in [5.41, 5.74) is 1.08. The van der Waals surface area contributed by atoms with Crippen LogP contribution in [0.2, 0.25) is 0 Å². The summed E-state index contributed by atoms with van der Waals surface area (Å²) in [6.07, 6.45) is 5.16. The van der Waals surface area contributed by atoms with Crippen molar-refractivity contribution in [1.29, 1.82) is 0 Å². The Bertz CT molecular complexity index is 646. The van der Waals surface area contributed by atoms with E-state index in [0.29, 0.717) is 30.8 Å². The van der Waals surface area contributed by atoms with Gasteiger partial charge in [-0.2, -0.15) is 5.10 Å². The topological polar surface area (TPSA) is 67.2 Å². The molecule has 6 nitrogen and oxygen atoms in total. The second-order valence-corrected chi connectivity index (χ2v) is 7.29. The van der Waals surface area contributed by atoms with Crippen LogP contribution in [0.15, 0.2) is 16.9 Å². The summed E-state index contributed by atoms with van der Waals surface area (Å²) in [6.45, 7) is 3.64. The third kappa shape index (κ3) is 3.47. The number of amides is 1. The van der Waals surface area contributed by atoms with Crippen LogP contribution in [0.4, 0.5) is 0 Å². The Morgan fingerprint density at radius 1 is 1.13 bits per heavy atom. The highest BCUT2D eigenvalue weighted by molar-refractivity contribution is 5.76. The number of nitrogens with zero attached hydrogens (tertiary/aromatic N) is 3. The van der Waals surface area contributed by atoms with Crippen LogP contribution in [0, 0.1) is 5.92 Å². The van der Waals surface area contributed by atoms with Crippen molar-refractivity contribution < 1.29 is 4.79 Å². The molecule has 2 aliphatic heterocycles. The van der Waals surface area contributed by atoms with E-state index in [1.165, 1.54) is 12.8 Å². The second kappa shape index (κ2) is 6.07. The molecule has 4 rings (SSSR count). The van der Waals surface area contributed by atoms with E-state index in [0.717, 1.165) is 38.2 Å². The molecular formula is C17H24N4O2. The van der Waals surface area contributed by atoms with Gasteiger partial charge in [0.25, 0.3) is 5.56 Å². The maximum absolute atomic E-state index is 12.0. The van der Waals surface area contributed by atoms with Crippen molar-refractivity contribution in [2.45, 2.75) is 50.6 Å². The smallest absolute Gasteiger partial charge is 0.266 e. The van der Waals surface area contributed by atoms with Gasteiger partial charge in [-0.1, -0.05) is 0 Å². The van der Waals surface area contributed by atoms with Crippen molar-refractivity contribution in [2.24, 2.45) is 5.92 Å². The number of nitrogens with one attached hydrogen (secondary N) is 1. The highest BCUT2D eigenvalue weighted by Crippen LogP contribution is 2.38. The first-order chi connectivity index (χ1) is 11.2. The third-order valence-corrected chi connectivity index (χ3v) is 5.15. The molecule has 1 N–H and O–H groups in total. The number of hydrogen-bond acceptors (Lipinski definition) is 4. The first kappa shape index (κ1) is 14.9. The molecule has 1 amide bonds. The molecule has 0 radical (unpaired) electrons. The zero-order chi connectivity index (χ0) is 15.8. The summed E-state index contributed by atoms with van der Waals surface area (Å²) >= 11 is 0. The molecule has 2 saturated heterocycles. The number of rotatable bonds is 5. The normalized spacial score (nSPS) is 25.9. The summed E-state index contributed by atoms with van der Waals surface area (Å²) in [4.78, 5) is 25.8. The van der Waals surface area contributed by atoms with Crippen molar-refractivity contribution in [2.75, 3.05) is 19.6 Å². The molecule has 1 unspecified atom stereocenters. The molecule has 0 aromatic carbocycles. The average molecular weight is 316 g/mol. The summed E-state index contributed by atoms with van der Waals surface area (Å²) in [5.74, 6) is 1.26. The van der Waals surface area contributed by atoms with Crippen molar-refractivity contribution >= 4 is 5.91 Å². The Morgan fingerprint density at radius 3 is 2.70 bits per heavy atom. The summed E-state index contributed by atoms with van der Waals surface area (Å²) in [6, 6.07) is 3.85. The Hall–Kier alpha value is -1.69. The van der Waals surface area contributed by atoms with E-state index in [2.05, 4.69) is 15.3 Å². The van der Waals surface area contributed by atoms with Gasteiger partial charge in [0.15, 0.2) is 0 Å². The Labute approximate surface area is 135 Å². The van der Waals surface area contributed by atoms with Gasteiger partial charge in [-0.05, 0) is 31.7 Å². The largest absolute Gasteiger partial charge is 0.352 e. The lowest BCUT2D eigenvalue weighted by molar-refractivity contribution is -0.123. The van der Waals surface area contributed by atoms with Gasteiger partial charge in [0, 0.05) is 50.0 Å². The van der Waals surface area contributed by atoms with Gasteiger partial charge < -0.3 is 10.2 Å². The van der Waals surface area contributed by atoms with E-state index in [9.17, 15) is 9.59 Å². The lowest BCUT2D eigenvalue weighted by Crippen LogP contribution is -2.55. The highest BCUT2D eigenvalue weighted by Gasteiger charge is 2.31. The molecule has 1 saturated carbocycles. The van der Waals surface area contributed by atoms with Crippen molar-refractivity contribution in [3.8, 4) is 0 Å². The first-order valence-electron chi connectivity index (χ1n) is 8.77. The molecule has 0 spiro atoms. The summed E-state index contributed by atoms with van der Waals surface area (Å²) in [5, 5.41) is 7.60. The maximum Gasteiger partial charge on any atom is 0.266 e. The van der Waals surface area contributed by atoms with Gasteiger partial charge in [0.05, 0.1) is 12.2 Å². The molecule has 1 aliphatic carbocycles. The fourth-order valence-corrected chi connectivity index (χ4v) is 3.71. The van der Waals surface area contributed by atoms with Gasteiger partial charge in [-0.25, -0.2) is 4.68 Å². The minimum atomic E-state index is 0.00685. The lowest BCUT2D eigenvalue weighted by atomic mass is 9.97. The number of hydrogen-bond donors (Lipinski definition) is 1. The summed E-state index contributed by atoms with van der Waals surface area (Å²) in [7, 11) is 0. The van der Waals surface area contributed by atoms with E-state index < -0.39 is 0 Å². The van der Waals surface area contributed by atoms with E-state index in [1.807, 2.05) is 6.07 Å². The SMILES string of the molecule is O=C1CCCC(CN2CC(Cn3nc(C4CC4)ccc3=O)C2)N1. The Kier molecular flexibility index (Phi) is 3.93. The third-order valence-electron chi connectivity index (χ3n) is 5.15. The maximum atomic E-state index is 12.0. The number of carbonyl (C=O) groups excluding carboxylic acids is 1. The zero-order valence-electron chi connectivity index (χ0n) is 13.4. The number of piperidine rings is 1. The number of likely N-dealkylation sites (tertiary alicyclic amines) is 1. The van der Waals surface area contributed by atoms with Crippen LogP contribution in [-0.2, 0) is 11.3 Å². The van der Waals surface area contributed by atoms with Crippen LogP contribution in [0.25, 0.3) is 0 Å². The van der Waals surface area contributed by atoms with Gasteiger partial charge >= 0.3 is 0 Å². The van der Waals surface area contributed by atoms with E-state index >= 15 is 0 Å². The average Bonchev–Trinajstić information content (AvgIpc) is 3.32. The molecule has 1 aromatic rings. The molecule has 3 heterocycles. The molecule has 3 aliphatic rings. The Morgan fingerprint density at radius 2 is 1.96 bits per heavy atom. The van der Waals surface area contributed by atoms with Crippen molar-refractivity contribution in [3.63, 3.8) is 0 Å². The quantitative estimate of drug-likeness (QED) is 0.869. The van der Waals surface area contributed by atoms with E-state index in [4.69, 9.17) is 0 Å². The van der Waals surface area contributed by atoms with Crippen molar-refractivity contribution in [3.05, 3.63) is 28.2 Å². The molecule has 0 bridgehead atoms. The van der Waals surface area contributed by atoms with Crippen LogP contribution < -0.4 is 10.9 Å². The monoisotopic (exact) mass is 316 g/mol. The molecule has 124 valence electrons. The molecule has 3 fully saturated rings. The van der Waals surface area contributed by atoms with Crippen LogP contribution in [-0.4, -0.2) is 46.3 Å². The molecule has 23 heavy (non-hydrogen) atoms. The minimum Gasteiger partial charge on any atom is -0.352 e.